The first-order valence-corrected chi connectivity index (χ1v) is 6.73. The molecule has 0 atom stereocenters. The second-order valence-electron chi connectivity index (χ2n) is 4.38. The molecule has 1 aliphatic rings. The highest BCUT2D eigenvalue weighted by Crippen LogP contribution is 2.36. The summed E-state index contributed by atoms with van der Waals surface area (Å²) in [6.45, 7) is 1.20. The standard InChI is InChI=1S/C13H16ClN3O4.ClH/c1-20-3-2-15-6-12(18)16-9-5-11-10(4-8(9)14)17-13(19)7-21-11;/h4-5,15H,2-3,6-7H2,1H3,(H,16,18)(H,17,19);1H. The number of benzene rings is 1. The lowest BCUT2D eigenvalue weighted by Crippen LogP contribution is -2.30. The van der Waals surface area contributed by atoms with Gasteiger partial charge in [0, 0.05) is 19.7 Å². The third-order valence-corrected chi connectivity index (χ3v) is 3.06. The number of ether oxygens (including phenoxy) is 2. The van der Waals surface area contributed by atoms with E-state index in [1.54, 1.807) is 19.2 Å². The molecule has 1 aromatic rings. The highest BCUT2D eigenvalue weighted by atomic mass is 35.5. The van der Waals surface area contributed by atoms with Gasteiger partial charge in [0.05, 0.1) is 29.5 Å². The molecule has 1 heterocycles. The van der Waals surface area contributed by atoms with Crippen molar-refractivity contribution >= 4 is 47.2 Å². The van der Waals surface area contributed by atoms with Crippen LogP contribution >= 0.6 is 24.0 Å². The lowest BCUT2D eigenvalue weighted by molar-refractivity contribution is -0.118. The number of amides is 2. The Kier molecular flexibility index (Phi) is 7.40. The molecule has 0 aliphatic carbocycles. The minimum Gasteiger partial charge on any atom is -0.482 e. The van der Waals surface area contributed by atoms with Gasteiger partial charge in [0.25, 0.3) is 5.91 Å². The number of rotatable bonds is 6. The third kappa shape index (κ3) is 5.03. The van der Waals surface area contributed by atoms with E-state index in [4.69, 9.17) is 21.1 Å². The van der Waals surface area contributed by atoms with Gasteiger partial charge in [-0.25, -0.2) is 0 Å². The van der Waals surface area contributed by atoms with Gasteiger partial charge >= 0.3 is 0 Å². The summed E-state index contributed by atoms with van der Waals surface area (Å²) in [4.78, 5) is 23.0. The summed E-state index contributed by atoms with van der Waals surface area (Å²) in [5.74, 6) is 0.00661. The van der Waals surface area contributed by atoms with Crippen molar-refractivity contribution in [2.24, 2.45) is 0 Å². The van der Waals surface area contributed by atoms with Crippen LogP contribution in [0.15, 0.2) is 12.1 Å². The normalized spacial score (nSPS) is 12.5. The predicted octanol–water partition coefficient (Wildman–Crippen LogP) is 1.27. The van der Waals surface area contributed by atoms with Gasteiger partial charge in [-0.3, -0.25) is 9.59 Å². The molecule has 9 heteroatoms. The molecule has 2 rings (SSSR count). The van der Waals surface area contributed by atoms with Crippen LogP contribution in [0.4, 0.5) is 11.4 Å². The molecular formula is C13H17Cl2N3O4. The molecule has 1 aliphatic heterocycles. The second kappa shape index (κ2) is 8.79. The monoisotopic (exact) mass is 349 g/mol. The molecule has 2 amide bonds. The van der Waals surface area contributed by atoms with Gasteiger partial charge in [-0.15, -0.1) is 12.4 Å². The Morgan fingerprint density at radius 3 is 3.00 bits per heavy atom. The highest BCUT2D eigenvalue weighted by Gasteiger charge is 2.18. The van der Waals surface area contributed by atoms with Gasteiger partial charge in [0.15, 0.2) is 6.61 Å². The number of carbonyl (C=O) groups is 2. The average Bonchev–Trinajstić information content (AvgIpc) is 2.45. The van der Waals surface area contributed by atoms with Gasteiger partial charge in [0.1, 0.15) is 5.75 Å². The zero-order valence-electron chi connectivity index (χ0n) is 11.9. The Hall–Kier alpha value is -1.54. The molecule has 0 unspecified atom stereocenters. The maximum absolute atomic E-state index is 11.8. The van der Waals surface area contributed by atoms with Gasteiger partial charge in [-0.2, -0.15) is 0 Å². The van der Waals surface area contributed by atoms with E-state index in [2.05, 4.69) is 16.0 Å². The fourth-order valence-electron chi connectivity index (χ4n) is 1.77. The van der Waals surface area contributed by atoms with E-state index in [0.717, 1.165) is 0 Å². The van der Waals surface area contributed by atoms with E-state index in [1.165, 1.54) is 0 Å². The molecular weight excluding hydrogens is 333 g/mol. The number of carbonyl (C=O) groups excluding carboxylic acids is 2. The van der Waals surface area contributed by atoms with E-state index >= 15 is 0 Å². The van der Waals surface area contributed by atoms with Gasteiger partial charge in [-0.05, 0) is 6.07 Å². The van der Waals surface area contributed by atoms with Crippen LogP contribution in [0.25, 0.3) is 0 Å². The van der Waals surface area contributed by atoms with Crippen LogP contribution in [0.5, 0.6) is 5.75 Å². The topological polar surface area (TPSA) is 88.7 Å². The number of halogens is 2. The quantitative estimate of drug-likeness (QED) is 0.673. The number of fused-ring (bicyclic) bond motifs is 1. The molecule has 0 spiro atoms. The summed E-state index contributed by atoms with van der Waals surface area (Å²) in [7, 11) is 1.59. The SMILES string of the molecule is COCCNCC(=O)Nc1cc2c(cc1Cl)NC(=O)CO2.Cl. The van der Waals surface area contributed by atoms with Crippen molar-refractivity contribution in [2.45, 2.75) is 0 Å². The van der Waals surface area contributed by atoms with E-state index in [-0.39, 0.29) is 37.4 Å². The largest absolute Gasteiger partial charge is 0.482 e. The summed E-state index contributed by atoms with van der Waals surface area (Å²) < 4.78 is 10.1. The fourth-order valence-corrected chi connectivity index (χ4v) is 1.98. The van der Waals surface area contributed by atoms with E-state index in [1.807, 2.05) is 0 Å². The van der Waals surface area contributed by atoms with Crippen molar-refractivity contribution in [1.29, 1.82) is 0 Å². The molecule has 0 saturated carbocycles. The molecule has 0 saturated heterocycles. The molecule has 3 N–H and O–H groups in total. The van der Waals surface area contributed by atoms with Crippen LogP contribution in [-0.4, -0.2) is 45.2 Å². The molecule has 0 bridgehead atoms. The van der Waals surface area contributed by atoms with Crippen molar-refractivity contribution in [3.8, 4) is 5.75 Å². The third-order valence-electron chi connectivity index (χ3n) is 2.74. The zero-order chi connectivity index (χ0) is 15.2. The molecule has 0 radical (unpaired) electrons. The summed E-state index contributed by atoms with van der Waals surface area (Å²) in [6.07, 6.45) is 0. The van der Waals surface area contributed by atoms with Crippen LogP contribution in [0.2, 0.25) is 5.02 Å². The number of hydrogen-bond acceptors (Lipinski definition) is 5. The Balaban J connectivity index is 0.00000242. The Bertz CT molecular complexity index is 554. The Morgan fingerprint density at radius 1 is 1.50 bits per heavy atom. The van der Waals surface area contributed by atoms with Gasteiger partial charge < -0.3 is 25.4 Å². The molecule has 1 aromatic carbocycles. The highest BCUT2D eigenvalue weighted by molar-refractivity contribution is 6.34. The zero-order valence-corrected chi connectivity index (χ0v) is 13.5. The van der Waals surface area contributed by atoms with E-state index in [9.17, 15) is 9.59 Å². The molecule has 7 nitrogen and oxygen atoms in total. The van der Waals surface area contributed by atoms with Crippen LogP contribution in [-0.2, 0) is 14.3 Å². The lowest BCUT2D eigenvalue weighted by Gasteiger charge is -2.19. The molecule has 122 valence electrons. The Labute approximate surface area is 139 Å². The number of hydrogen-bond donors (Lipinski definition) is 3. The van der Waals surface area contributed by atoms with Crippen LogP contribution < -0.4 is 20.7 Å². The predicted molar refractivity (Wildman–Crippen MR) is 86.2 cm³/mol. The molecule has 0 aromatic heterocycles. The van der Waals surface area contributed by atoms with Gasteiger partial charge in [-0.1, -0.05) is 11.6 Å². The molecule has 22 heavy (non-hydrogen) atoms. The number of methoxy groups -OCH3 is 1. The minimum atomic E-state index is -0.238. The first-order chi connectivity index (χ1) is 10.1. The number of anilines is 2. The summed E-state index contributed by atoms with van der Waals surface area (Å²) in [5, 5.41) is 8.57. The van der Waals surface area contributed by atoms with Crippen LogP contribution in [0.3, 0.4) is 0 Å². The van der Waals surface area contributed by atoms with Crippen molar-refractivity contribution in [2.75, 3.05) is 44.0 Å². The summed E-state index contributed by atoms with van der Waals surface area (Å²) in [5.41, 5.74) is 0.928. The van der Waals surface area contributed by atoms with Gasteiger partial charge in [0.2, 0.25) is 5.91 Å². The van der Waals surface area contributed by atoms with E-state index in [0.29, 0.717) is 35.3 Å². The van der Waals surface area contributed by atoms with Crippen molar-refractivity contribution in [3.63, 3.8) is 0 Å². The summed E-state index contributed by atoms with van der Waals surface area (Å²) in [6, 6.07) is 3.13. The average molecular weight is 350 g/mol. The minimum absolute atomic E-state index is 0. The molecule has 0 fully saturated rings. The van der Waals surface area contributed by atoms with Crippen LogP contribution in [0.1, 0.15) is 0 Å². The van der Waals surface area contributed by atoms with Crippen LogP contribution in [0, 0.1) is 0 Å². The Morgan fingerprint density at radius 2 is 2.27 bits per heavy atom. The lowest BCUT2D eigenvalue weighted by atomic mass is 10.2. The van der Waals surface area contributed by atoms with Crippen molar-refractivity contribution in [3.05, 3.63) is 17.2 Å². The summed E-state index contributed by atoms with van der Waals surface area (Å²) >= 11 is 6.07. The first-order valence-electron chi connectivity index (χ1n) is 6.36. The first kappa shape index (κ1) is 18.5. The second-order valence-corrected chi connectivity index (χ2v) is 4.79. The fraction of sp³-hybridized carbons (Fsp3) is 0.385. The smallest absolute Gasteiger partial charge is 0.262 e. The van der Waals surface area contributed by atoms with Crippen molar-refractivity contribution < 1.29 is 19.1 Å². The van der Waals surface area contributed by atoms with Crippen molar-refractivity contribution in [1.82, 2.24) is 5.32 Å². The number of nitrogens with one attached hydrogen (secondary N) is 3. The maximum atomic E-state index is 11.8. The van der Waals surface area contributed by atoms with E-state index < -0.39 is 0 Å². The maximum Gasteiger partial charge on any atom is 0.262 e.